The molecule has 1 aromatic carbocycles. The highest BCUT2D eigenvalue weighted by Crippen LogP contribution is 2.31. The molecule has 20 heavy (non-hydrogen) atoms. The number of aryl methyl sites for hydroxylation is 2. The van der Waals surface area contributed by atoms with E-state index in [9.17, 15) is 0 Å². The van der Waals surface area contributed by atoms with Crippen LogP contribution in [0, 0.1) is 13.8 Å². The quantitative estimate of drug-likeness (QED) is 0.855. The Morgan fingerprint density at radius 1 is 1.15 bits per heavy atom. The topological polar surface area (TPSA) is 48.1 Å². The number of rotatable bonds is 4. The summed E-state index contributed by atoms with van der Waals surface area (Å²) in [6.45, 7) is 8.85. The lowest BCUT2D eigenvalue weighted by atomic mass is 9.99. The maximum absolute atomic E-state index is 5.99. The van der Waals surface area contributed by atoms with Gasteiger partial charge in [0.15, 0.2) is 0 Å². The van der Waals surface area contributed by atoms with Crippen molar-refractivity contribution in [1.29, 1.82) is 0 Å². The molecule has 0 aliphatic rings. The number of nitrogen functional groups attached to an aromatic ring is 1. The molecule has 0 saturated carbocycles. The van der Waals surface area contributed by atoms with Crippen molar-refractivity contribution in [1.82, 2.24) is 4.98 Å². The summed E-state index contributed by atoms with van der Waals surface area (Å²) in [5, 5.41) is 0. The van der Waals surface area contributed by atoms with Gasteiger partial charge in [0.2, 0.25) is 0 Å². The maximum atomic E-state index is 5.99. The Morgan fingerprint density at radius 2 is 1.90 bits per heavy atom. The Kier molecular flexibility index (Phi) is 4.28. The molecule has 106 valence electrons. The second kappa shape index (κ2) is 5.95. The number of ether oxygens (including phenoxy) is 1. The molecule has 0 fully saturated rings. The number of anilines is 1. The molecule has 3 nitrogen and oxygen atoms in total. The molecule has 2 aromatic rings. The van der Waals surface area contributed by atoms with E-state index in [1.165, 1.54) is 0 Å². The van der Waals surface area contributed by atoms with Gasteiger partial charge < -0.3 is 10.5 Å². The third-order valence-corrected chi connectivity index (χ3v) is 3.35. The van der Waals surface area contributed by atoms with E-state index >= 15 is 0 Å². The smallest absolute Gasteiger partial charge is 0.123 e. The third kappa shape index (κ3) is 3.29. The van der Waals surface area contributed by atoms with E-state index < -0.39 is 0 Å². The number of nitrogens with zero attached hydrogens (tertiary/aromatic N) is 1. The summed E-state index contributed by atoms with van der Waals surface area (Å²) in [5.74, 6) is 1.29. The summed E-state index contributed by atoms with van der Waals surface area (Å²) in [6.07, 6.45) is 3.68. The largest absolute Gasteiger partial charge is 0.489 e. The third-order valence-electron chi connectivity index (χ3n) is 3.35. The zero-order valence-electron chi connectivity index (χ0n) is 12.6. The van der Waals surface area contributed by atoms with Gasteiger partial charge in [-0.25, -0.2) is 0 Å². The first-order valence-corrected chi connectivity index (χ1v) is 6.90. The Morgan fingerprint density at radius 3 is 2.55 bits per heavy atom. The maximum Gasteiger partial charge on any atom is 0.123 e. The molecule has 2 N–H and O–H groups in total. The van der Waals surface area contributed by atoms with Crippen LogP contribution in [0.1, 0.15) is 42.0 Å². The van der Waals surface area contributed by atoms with E-state index in [-0.39, 0.29) is 0 Å². The molecule has 0 aliphatic carbocycles. The first-order valence-electron chi connectivity index (χ1n) is 6.90. The van der Waals surface area contributed by atoms with Crippen molar-refractivity contribution in [2.24, 2.45) is 0 Å². The van der Waals surface area contributed by atoms with E-state index in [1.807, 2.05) is 38.4 Å². The molecule has 0 aliphatic heterocycles. The molecule has 0 unspecified atom stereocenters. The molecule has 0 saturated heterocycles. The lowest BCUT2D eigenvalue weighted by Gasteiger charge is -2.16. The molecule has 0 spiro atoms. The number of hydrogen-bond acceptors (Lipinski definition) is 3. The van der Waals surface area contributed by atoms with E-state index in [2.05, 4.69) is 24.9 Å². The SMILES string of the molecule is Cc1cncc(COc2cc(C)c(N)cc2C(C)C)c1. The second-order valence-corrected chi connectivity index (χ2v) is 5.56. The minimum absolute atomic E-state index is 0.378. The summed E-state index contributed by atoms with van der Waals surface area (Å²) < 4.78 is 5.98. The van der Waals surface area contributed by atoms with Crippen LogP contribution in [0.2, 0.25) is 0 Å². The van der Waals surface area contributed by atoms with Crippen LogP contribution in [0.25, 0.3) is 0 Å². The molecule has 0 bridgehead atoms. The molecule has 1 aromatic heterocycles. The van der Waals surface area contributed by atoms with Gasteiger partial charge in [-0.3, -0.25) is 4.98 Å². The summed E-state index contributed by atoms with van der Waals surface area (Å²) in [4.78, 5) is 4.19. The number of aromatic nitrogens is 1. The average Bonchev–Trinajstić information content (AvgIpc) is 2.39. The molecular formula is C17H22N2O. The van der Waals surface area contributed by atoms with Crippen molar-refractivity contribution < 1.29 is 4.74 Å². The predicted molar refractivity (Wildman–Crippen MR) is 83.0 cm³/mol. The van der Waals surface area contributed by atoms with Crippen molar-refractivity contribution in [2.75, 3.05) is 5.73 Å². The van der Waals surface area contributed by atoms with Crippen molar-refractivity contribution in [3.05, 3.63) is 52.8 Å². The molecular weight excluding hydrogens is 248 g/mol. The first-order chi connectivity index (χ1) is 9.47. The number of hydrogen-bond donors (Lipinski definition) is 1. The average molecular weight is 270 g/mol. The lowest BCUT2D eigenvalue weighted by molar-refractivity contribution is 0.301. The number of nitrogens with two attached hydrogens (primary N) is 1. The molecule has 0 amide bonds. The normalized spacial score (nSPS) is 10.8. The molecule has 0 radical (unpaired) electrons. The highest BCUT2D eigenvalue weighted by atomic mass is 16.5. The zero-order chi connectivity index (χ0) is 14.7. The van der Waals surface area contributed by atoms with Crippen LogP contribution < -0.4 is 10.5 Å². The van der Waals surface area contributed by atoms with Crippen LogP contribution in [0.5, 0.6) is 5.75 Å². The van der Waals surface area contributed by atoms with Crippen molar-refractivity contribution >= 4 is 5.69 Å². The van der Waals surface area contributed by atoms with Gasteiger partial charge in [-0.2, -0.15) is 0 Å². The van der Waals surface area contributed by atoms with Gasteiger partial charge >= 0.3 is 0 Å². The highest BCUT2D eigenvalue weighted by molar-refractivity contribution is 5.55. The van der Waals surface area contributed by atoms with Crippen molar-refractivity contribution in [2.45, 2.75) is 40.2 Å². The van der Waals surface area contributed by atoms with E-state index in [0.717, 1.165) is 33.7 Å². The molecule has 0 atom stereocenters. The van der Waals surface area contributed by atoms with E-state index in [1.54, 1.807) is 0 Å². The van der Waals surface area contributed by atoms with Crippen LogP contribution in [-0.2, 0) is 6.61 Å². The second-order valence-electron chi connectivity index (χ2n) is 5.56. The summed E-state index contributed by atoms with van der Waals surface area (Å²) in [5.41, 5.74) is 11.2. The van der Waals surface area contributed by atoms with Gasteiger partial charge in [0.25, 0.3) is 0 Å². The summed E-state index contributed by atoms with van der Waals surface area (Å²) >= 11 is 0. The van der Waals surface area contributed by atoms with Crippen LogP contribution in [0.3, 0.4) is 0 Å². The lowest BCUT2D eigenvalue weighted by Crippen LogP contribution is -2.03. The Balaban J connectivity index is 2.22. The predicted octanol–water partition coefficient (Wildman–Crippen LogP) is 3.98. The van der Waals surface area contributed by atoms with Gasteiger partial charge in [0.1, 0.15) is 12.4 Å². The van der Waals surface area contributed by atoms with Gasteiger partial charge in [0, 0.05) is 23.6 Å². The summed E-state index contributed by atoms with van der Waals surface area (Å²) in [7, 11) is 0. The Labute approximate surface area is 120 Å². The van der Waals surface area contributed by atoms with Crippen molar-refractivity contribution in [3.8, 4) is 5.75 Å². The number of pyridine rings is 1. The monoisotopic (exact) mass is 270 g/mol. The van der Waals surface area contributed by atoms with Crippen LogP contribution in [-0.4, -0.2) is 4.98 Å². The number of benzene rings is 1. The van der Waals surface area contributed by atoms with Crippen LogP contribution in [0.4, 0.5) is 5.69 Å². The van der Waals surface area contributed by atoms with Gasteiger partial charge in [-0.1, -0.05) is 13.8 Å². The van der Waals surface area contributed by atoms with Gasteiger partial charge in [-0.05, 0) is 54.7 Å². The first kappa shape index (κ1) is 14.4. The van der Waals surface area contributed by atoms with Crippen LogP contribution >= 0.6 is 0 Å². The highest BCUT2D eigenvalue weighted by Gasteiger charge is 2.11. The van der Waals surface area contributed by atoms with Crippen molar-refractivity contribution in [3.63, 3.8) is 0 Å². The minimum atomic E-state index is 0.378. The van der Waals surface area contributed by atoms with Crippen LogP contribution in [0.15, 0.2) is 30.6 Å². The fraction of sp³-hybridized carbons (Fsp3) is 0.353. The van der Waals surface area contributed by atoms with Gasteiger partial charge in [0.05, 0.1) is 0 Å². The molecule has 1 heterocycles. The Bertz CT molecular complexity index is 606. The standard InChI is InChI=1S/C17H22N2O/c1-11(2)15-7-16(18)13(4)6-17(15)20-10-14-5-12(3)8-19-9-14/h5-9,11H,10,18H2,1-4H3. The fourth-order valence-electron chi connectivity index (χ4n) is 2.15. The molecule has 3 heteroatoms. The van der Waals surface area contributed by atoms with E-state index in [4.69, 9.17) is 10.5 Å². The van der Waals surface area contributed by atoms with E-state index in [0.29, 0.717) is 12.5 Å². The zero-order valence-corrected chi connectivity index (χ0v) is 12.6. The summed E-state index contributed by atoms with van der Waals surface area (Å²) in [6, 6.07) is 6.13. The Hall–Kier alpha value is -2.03. The minimum Gasteiger partial charge on any atom is -0.489 e. The molecule has 2 rings (SSSR count). The fourth-order valence-corrected chi connectivity index (χ4v) is 2.15. The van der Waals surface area contributed by atoms with Gasteiger partial charge in [-0.15, -0.1) is 0 Å².